The highest BCUT2D eigenvalue weighted by molar-refractivity contribution is 7.89. The number of alkyl halides is 3. The summed E-state index contributed by atoms with van der Waals surface area (Å²) in [5.41, 5.74) is -0.474. The average molecular weight is 483 g/mol. The predicted molar refractivity (Wildman–Crippen MR) is 105 cm³/mol. The van der Waals surface area contributed by atoms with Gasteiger partial charge in [-0.2, -0.15) is 21.8 Å². The summed E-state index contributed by atoms with van der Waals surface area (Å²) in [6, 6.07) is 8.65. The summed E-state index contributed by atoms with van der Waals surface area (Å²) in [6.07, 6.45) is -4.91. The van der Waals surface area contributed by atoms with Crippen molar-refractivity contribution in [1.29, 1.82) is 0 Å². The molecule has 0 saturated carbocycles. The minimum Gasteiger partial charge on any atom is -0.207 e. The van der Waals surface area contributed by atoms with Crippen molar-refractivity contribution in [3.05, 3.63) is 58.6 Å². The molecule has 1 aliphatic heterocycles. The number of nitrogens with zero attached hydrogens (tertiary/aromatic N) is 2. The van der Waals surface area contributed by atoms with Gasteiger partial charge >= 0.3 is 6.18 Å². The summed E-state index contributed by atoms with van der Waals surface area (Å²) in [5.74, 6) is 0. The molecular formula is C18H18ClF3N2O4S2. The Morgan fingerprint density at radius 2 is 1.33 bits per heavy atom. The zero-order valence-corrected chi connectivity index (χ0v) is 18.1. The van der Waals surface area contributed by atoms with E-state index in [9.17, 15) is 30.0 Å². The number of piperazine rings is 1. The van der Waals surface area contributed by atoms with Gasteiger partial charge in [-0.15, -0.1) is 0 Å². The SMILES string of the molecule is Cc1ccc(S(=O)(=O)N2CCN(S(=O)(=O)c3ccc(Cl)cc3C(F)(F)F)CC2)cc1. The van der Waals surface area contributed by atoms with Crippen LogP contribution < -0.4 is 0 Å². The van der Waals surface area contributed by atoms with Crippen molar-refractivity contribution in [2.75, 3.05) is 26.2 Å². The van der Waals surface area contributed by atoms with E-state index in [2.05, 4.69) is 0 Å². The average Bonchev–Trinajstić information content (AvgIpc) is 2.67. The molecule has 0 bridgehead atoms. The Hall–Kier alpha value is -1.66. The molecule has 1 saturated heterocycles. The summed E-state index contributed by atoms with van der Waals surface area (Å²) >= 11 is 5.61. The van der Waals surface area contributed by atoms with Crippen LogP contribution >= 0.6 is 11.6 Å². The Bertz CT molecular complexity index is 1140. The van der Waals surface area contributed by atoms with Gasteiger partial charge in [0.15, 0.2) is 0 Å². The van der Waals surface area contributed by atoms with Crippen LogP contribution in [0.3, 0.4) is 0 Å². The molecule has 0 spiro atoms. The summed E-state index contributed by atoms with van der Waals surface area (Å²) in [6.45, 7) is 0.918. The molecule has 0 atom stereocenters. The third kappa shape index (κ3) is 4.50. The van der Waals surface area contributed by atoms with Crippen LogP contribution in [0.15, 0.2) is 52.3 Å². The molecule has 0 aromatic heterocycles. The van der Waals surface area contributed by atoms with Gasteiger partial charge in [0, 0.05) is 31.2 Å². The van der Waals surface area contributed by atoms with Crippen LogP contribution in [0.5, 0.6) is 0 Å². The van der Waals surface area contributed by atoms with E-state index in [4.69, 9.17) is 11.6 Å². The monoisotopic (exact) mass is 482 g/mol. The van der Waals surface area contributed by atoms with Gasteiger partial charge in [-0.25, -0.2) is 16.8 Å². The van der Waals surface area contributed by atoms with E-state index in [-0.39, 0.29) is 36.1 Å². The van der Waals surface area contributed by atoms with Gasteiger partial charge in [0.05, 0.1) is 15.4 Å². The lowest BCUT2D eigenvalue weighted by atomic mass is 10.2. The molecule has 0 N–H and O–H groups in total. The highest BCUT2D eigenvalue weighted by Crippen LogP contribution is 2.37. The van der Waals surface area contributed by atoms with Crippen molar-refractivity contribution in [3.8, 4) is 0 Å². The number of sulfonamides is 2. The lowest BCUT2D eigenvalue weighted by molar-refractivity contribution is -0.139. The van der Waals surface area contributed by atoms with E-state index in [1.54, 1.807) is 12.1 Å². The second kappa shape index (κ2) is 8.12. The number of halogens is 4. The molecule has 3 rings (SSSR count). The first-order chi connectivity index (χ1) is 13.8. The lowest BCUT2D eigenvalue weighted by Gasteiger charge is -2.33. The molecule has 0 unspecified atom stereocenters. The molecule has 0 radical (unpaired) electrons. The van der Waals surface area contributed by atoms with Crippen molar-refractivity contribution in [1.82, 2.24) is 8.61 Å². The van der Waals surface area contributed by atoms with Gasteiger partial charge in [-0.05, 0) is 37.3 Å². The molecule has 12 heteroatoms. The van der Waals surface area contributed by atoms with Crippen LogP contribution in [0, 0.1) is 6.92 Å². The molecule has 0 aliphatic carbocycles. The maximum Gasteiger partial charge on any atom is 0.417 e. The molecular weight excluding hydrogens is 465 g/mol. The maximum absolute atomic E-state index is 13.3. The van der Waals surface area contributed by atoms with Crippen LogP contribution in [-0.4, -0.2) is 51.6 Å². The Balaban J connectivity index is 1.84. The van der Waals surface area contributed by atoms with Gasteiger partial charge in [-0.1, -0.05) is 29.3 Å². The van der Waals surface area contributed by atoms with Crippen LogP contribution in [0.4, 0.5) is 13.2 Å². The highest BCUT2D eigenvalue weighted by atomic mass is 35.5. The predicted octanol–water partition coefficient (Wildman–Crippen LogP) is 3.36. The smallest absolute Gasteiger partial charge is 0.207 e. The van der Waals surface area contributed by atoms with Crippen molar-refractivity contribution in [3.63, 3.8) is 0 Å². The minimum absolute atomic E-state index is 0.0708. The van der Waals surface area contributed by atoms with Crippen LogP contribution in [0.25, 0.3) is 0 Å². The van der Waals surface area contributed by atoms with Crippen molar-refractivity contribution < 1.29 is 30.0 Å². The molecule has 1 fully saturated rings. The van der Waals surface area contributed by atoms with Crippen LogP contribution in [-0.2, 0) is 26.2 Å². The van der Waals surface area contributed by atoms with Crippen molar-refractivity contribution in [2.45, 2.75) is 22.9 Å². The Labute approximate surface area is 178 Å². The first-order valence-corrected chi connectivity index (χ1v) is 12.0. The minimum atomic E-state index is -4.91. The van der Waals surface area contributed by atoms with Gasteiger partial charge in [0.2, 0.25) is 20.0 Å². The molecule has 164 valence electrons. The van der Waals surface area contributed by atoms with Gasteiger partial charge in [0.1, 0.15) is 0 Å². The van der Waals surface area contributed by atoms with E-state index in [0.717, 1.165) is 26.3 Å². The largest absolute Gasteiger partial charge is 0.417 e. The standard InChI is InChI=1S/C18H18ClF3N2O4S2/c1-13-2-5-15(6-3-13)29(25,26)23-8-10-24(11-9-23)30(27,28)17-7-4-14(19)12-16(17)18(20,21)22/h2-7,12H,8-11H2,1H3. The van der Waals surface area contributed by atoms with Gasteiger partial charge in [0.25, 0.3) is 0 Å². The highest BCUT2D eigenvalue weighted by Gasteiger charge is 2.41. The fourth-order valence-electron chi connectivity index (χ4n) is 3.10. The summed E-state index contributed by atoms with van der Waals surface area (Å²) in [5, 5.41) is -0.240. The molecule has 1 heterocycles. The second-order valence-corrected chi connectivity index (χ2v) is 11.0. The number of benzene rings is 2. The van der Waals surface area contributed by atoms with E-state index in [1.807, 2.05) is 6.92 Å². The van der Waals surface area contributed by atoms with Crippen LogP contribution in [0.2, 0.25) is 5.02 Å². The second-order valence-electron chi connectivity index (χ2n) is 6.76. The third-order valence-electron chi connectivity index (χ3n) is 4.72. The normalized spacial score (nSPS) is 17.2. The number of aryl methyl sites for hydroxylation is 1. The first-order valence-electron chi connectivity index (χ1n) is 8.77. The van der Waals surface area contributed by atoms with Crippen molar-refractivity contribution in [2.24, 2.45) is 0 Å². The van der Waals surface area contributed by atoms with E-state index in [0.29, 0.717) is 6.07 Å². The number of hydrogen-bond donors (Lipinski definition) is 0. The molecule has 0 amide bonds. The van der Waals surface area contributed by atoms with Gasteiger partial charge < -0.3 is 0 Å². The van der Waals surface area contributed by atoms with E-state index < -0.39 is 36.7 Å². The molecule has 2 aromatic carbocycles. The van der Waals surface area contributed by atoms with E-state index in [1.165, 1.54) is 12.1 Å². The molecule has 30 heavy (non-hydrogen) atoms. The third-order valence-corrected chi connectivity index (χ3v) is 8.83. The summed E-state index contributed by atoms with van der Waals surface area (Å²) in [4.78, 5) is -0.837. The molecule has 1 aliphatic rings. The van der Waals surface area contributed by atoms with Gasteiger partial charge in [-0.3, -0.25) is 0 Å². The number of rotatable bonds is 4. The fraction of sp³-hybridized carbons (Fsp3) is 0.333. The van der Waals surface area contributed by atoms with E-state index >= 15 is 0 Å². The molecule has 6 nitrogen and oxygen atoms in total. The Morgan fingerprint density at radius 3 is 1.83 bits per heavy atom. The van der Waals surface area contributed by atoms with Crippen LogP contribution in [0.1, 0.15) is 11.1 Å². The zero-order chi connectivity index (χ0) is 22.3. The topological polar surface area (TPSA) is 74.8 Å². The molecule has 2 aromatic rings. The summed E-state index contributed by atoms with van der Waals surface area (Å²) in [7, 11) is -8.33. The summed E-state index contributed by atoms with van der Waals surface area (Å²) < 4.78 is 93.1. The first kappa shape index (κ1) is 23.0. The zero-order valence-electron chi connectivity index (χ0n) is 15.7. The fourth-order valence-corrected chi connectivity index (χ4v) is 6.31. The Morgan fingerprint density at radius 1 is 0.833 bits per heavy atom. The lowest BCUT2D eigenvalue weighted by Crippen LogP contribution is -2.50. The maximum atomic E-state index is 13.3. The number of hydrogen-bond acceptors (Lipinski definition) is 4. The Kier molecular flexibility index (Phi) is 6.23. The quantitative estimate of drug-likeness (QED) is 0.669. The van der Waals surface area contributed by atoms with Crippen molar-refractivity contribution >= 4 is 31.6 Å².